The van der Waals surface area contributed by atoms with Gasteiger partial charge >= 0.3 is 0 Å². The SMILES string of the molecule is CN(C)C[C@H]1[C@H]2CN(CC(=O)Nc3ccccc3)C[C@]23CC[C@H]1O3. The largest absolute Gasteiger partial charge is 0.370 e. The maximum atomic E-state index is 12.3. The number of likely N-dealkylation sites (tertiary alicyclic amines) is 1. The van der Waals surface area contributed by atoms with Gasteiger partial charge in [0.25, 0.3) is 0 Å². The average Bonchev–Trinajstić information content (AvgIpc) is 3.17. The van der Waals surface area contributed by atoms with Gasteiger partial charge in [-0.25, -0.2) is 0 Å². The van der Waals surface area contributed by atoms with Crippen molar-refractivity contribution < 1.29 is 9.53 Å². The number of hydrogen-bond donors (Lipinski definition) is 1. The van der Waals surface area contributed by atoms with E-state index in [1.165, 1.54) is 6.42 Å². The molecule has 4 rings (SSSR count). The summed E-state index contributed by atoms with van der Waals surface area (Å²) >= 11 is 0. The highest BCUT2D eigenvalue weighted by Gasteiger charge is 2.62. The minimum atomic E-state index is 0.0123. The van der Waals surface area contributed by atoms with Crippen LogP contribution in [0.1, 0.15) is 12.8 Å². The van der Waals surface area contributed by atoms with Crippen LogP contribution in [0.5, 0.6) is 0 Å². The van der Waals surface area contributed by atoms with Gasteiger partial charge in [-0.05, 0) is 39.1 Å². The summed E-state index contributed by atoms with van der Waals surface area (Å²) in [4.78, 5) is 16.9. The Kier molecular flexibility index (Phi) is 4.11. The summed E-state index contributed by atoms with van der Waals surface area (Å²) < 4.78 is 6.43. The van der Waals surface area contributed by atoms with E-state index in [2.05, 4.69) is 29.2 Å². The number of rotatable bonds is 5. The third kappa shape index (κ3) is 2.85. The third-order valence-corrected chi connectivity index (χ3v) is 5.86. The molecular formula is C19H27N3O2. The van der Waals surface area contributed by atoms with Crippen molar-refractivity contribution >= 4 is 11.6 Å². The number of nitrogens with one attached hydrogen (secondary N) is 1. The molecule has 5 nitrogen and oxygen atoms in total. The fraction of sp³-hybridized carbons (Fsp3) is 0.632. The Hall–Kier alpha value is -1.43. The summed E-state index contributed by atoms with van der Waals surface area (Å²) in [5, 5.41) is 2.99. The number of benzene rings is 1. The average molecular weight is 329 g/mol. The van der Waals surface area contributed by atoms with Crippen LogP contribution in [0.4, 0.5) is 5.69 Å². The van der Waals surface area contributed by atoms with E-state index < -0.39 is 0 Å². The van der Waals surface area contributed by atoms with Crippen LogP contribution in [0, 0.1) is 11.8 Å². The highest BCUT2D eigenvalue weighted by molar-refractivity contribution is 5.92. The summed E-state index contributed by atoms with van der Waals surface area (Å²) in [6.45, 7) is 3.43. The van der Waals surface area contributed by atoms with Crippen LogP contribution in [-0.2, 0) is 9.53 Å². The Morgan fingerprint density at radius 1 is 1.38 bits per heavy atom. The number of amides is 1. The zero-order valence-electron chi connectivity index (χ0n) is 14.6. The van der Waals surface area contributed by atoms with E-state index in [4.69, 9.17) is 4.74 Å². The van der Waals surface area contributed by atoms with Gasteiger partial charge in [-0.1, -0.05) is 18.2 Å². The van der Waals surface area contributed by atoms with Crippen molar-refractivity contribution in [2.45, 2.75) is 24.5 Å². The van der Waals surface area contributed by atoms with Crippen molar-refractivity contribution in [3.63, 3.8) is 0 Å². The molecule has 24 heavy (non-hydrogen) atoms. The molecule has 130 valence electrons. The topological polar surface area (TPSA) is 44.8 Å². The zero-order chi connectivity index (χ0) is 16.7. The number of carbonyl (C=O) groups excluding carboxylic acids is 1. The van der Waals surface area contributed by atoms with Crippen LogP contribution >= 0.6 is 0 Å². The molecule has 1 N–H and O–H groups in total. The second-order valence-electron chi connectivity index (χ2n) is 7.88. The number of hydrogen-bond acceptors (Lipinski definition) is 4. The number of fused-ring (bicyclic) bond motifs is 1. The first-order valence-electron chi connectivity index (χ1n) is 8.95. The lowest BCUT2D eigenvalue weighted by Gasteiger charge is -2.31. The van der Waals surface area contributed by atoms with E-state index in [1.807, 2.05) is 30.3 Å². The number of ether oxygens (including phenoxy) is 1. The van der Waals surface area contributed by atoms with Crippen LogP contribution in [-0.4, -0.2) is 67.7 Å². The Labute approximate surface area is 144 Å². The number of anilines is 1. The quantitative estimate of drug-likeness (QED) is 0.892. The summed E-state index contributed by atoms with van der Waals surface area (Å²) in [6, 6.07) is 9.68. The fourth-order valence-corrected chi connectivity index (χ4v) is 5.00. The highest BCUT2D eigenvalue weighted by Crippen LogP contribution is 2.54. The first-order chi connectivity index (χ1) is 11.6. The van der Waals surface area contributed by atoms with Crippen molar-refractivity contribution in [2.24, 2.45) is 11.8 Å². The molecule has 0 aromatic heterocycles. The van der Waals surface area contributed by atoms with Crippen LogP contribution in [0.3, 0.4) is 0 Å². The van der Waals surface area contributed by atoms with E-state index >= 15 is 0 Å². The van der Waals surface area contributed by atoms with E-state index in [9.17, 15) is 4.79 Å². The molecule has 2 bridgehead atoms. The molecule has 5 heteroatoms. The molecule has 4 atom stereocenters. The fourth-order valence-electron chi connectivity index (χ4n) is 5.00. The zero-order valence-corrected chi connectivity index (χ0v) is 14.6. The first-order valence-corrected chi connectivity index (χ1v) is 8.95. The molecule has 1 aromatic rings. The molecule has 0 aliphatic carbocycles. The molecule has 0 unspecified atom stereocenters. The molecular weight excluding hydrogens is 302 g/mol. The van der Waals surface area contributed by atoms with Gasteiger partial charge in [0.15, 0.2) is 0 Å². The van der Waals surface area contributed by atoms with Crippen LogP contribution in [0.2, 0.25) is 0 Å². The molecule has 3 saturated heterocycles. The summed E-state index contributed by atoms with van der Waals surface area (Å²) in [5.41, 5.74) is 0.876. The Balaban J connectivity index is 1.38. The minimum Gasteiger partial charge on any atom is -0.370 e. The summed E-state index contributed by atoms with van der Waals surface area (Å²) in [5.74, 6) is 1.25. The highest BCUT2D eigenvalue weighted by atomic mass is 16.5. The number of nitrogens with zero attached hydrogens (tertiary/aromatic N) is 2. The van der Waals surface area contributed by atoms with Gasteiger partial charge in [-0.15, -0.1) is 0 Å². The molecule has 1 spiro atoms. The van der Waals surface area contributed by atoms with Crippen molar-refractivity contribution in [1.29, 1.82) is 0 Å². The second-order valence-corrected chi connectivity index (χ2v) is 7.88. The predicted octanol–water partition coefficient (Wildman–Crippen LogP) is 1.67. The van der Waals surface area contributed by atoms with Gasteiger partial charge in [0, 0.05) is 37.2 Å². The van der Waals surface area contributed by atoms with Crippen LogP contribution in [0.15, 0.2) is 30.3 Å². The van der Waals surface area contributed by atoms with Gasteiger partial charge in [-0.3, -0.25) is 9.69 Å². The summed E-state index contributed by atoms with van der Waals surface area (Å²) in [6.07, 6.45) is 2.76. The lowest BCUT2D eigenvalue weighted by atomic mass is 9.73. The van der Waals surface area contributed by atoms with Gasteiger partial charge in [0.05, 0.1) is 18.2 Å². The lowest BCUT2D eigenvalue weighted by Crippen LogP contribution is -2.40. The number of carbonyl (C=O) groups is 1. The van der Waals surface area contributed by atoms with Crippen molar-refractivity contribution in [2.75, 3.05) is 45.6 Å². The molecule has 3 aliphatic heterocycles. The first kappa shape index (κ1) is 16.1. The van der Waals surface area contributed by atoms with Crippen molar-refractivity contribution in [1.82, 2.24) is 9.80 Å². The van der Waals surface area contributed by atoms with Crippen LogP contribution < -0.4 is 5.32 Å². The Morgan fingerprint density at radius 2 is 2.17 bits per heavy atom. The van der Waals surface area contributed by atoms with Gasteiger partial charge in [-0.2, -0.15) is 0 Å². The second kappa shape index (κ2) is 6.14. The van der Waals surface area contributed by atoms with E-state index in [0.29, 0.717) is 24.5 Å². The lowest BCUT2D eigenvalue weighted by molar-refractivity contribution is -0.117. The maximum Gasteiger partial charge on any atom is 0.238 e. The molecule has 0 saturated carbocycles. The Bertz CT molecular complexity index is 606. The molecule has 3 fully saturated rings. The monoisotopic (exact) mass is 329 g/mol. The van der Waals surface area contributed by atoms with Crippen LogP contribution in [0.25, 0.3) is 0 Å². The standard InChI is InChI=1S/C19H27N3O2/c1-21(2)10-15-16-11-22(13-19(16)9-8-17(15)24-19)12-18(23)20-14-6-4-3-5-7-14/h3-7,15-17H,8-13H2,1-2H3,(H,20,23)/t15-,16+,17+,19+/m0/s1. The maximum absolute atomic E-state index is 12.3. The minimum absolute atomic E-state index is 0.0123. The van der Waals surface area contributed by atoms with E-state index in [-0.39, 0.29) is 11.5 Å². The predicted molar refractivity (Wildman–Crippen MR) is 93.9 cm³/mol. The van der Waals surface area contributed by atoms with Gasteiger partial charge in [0.2, 0.25) is 5.91 Å². The van der Waals surface area contributed by atoms with E-state index in [1.54, 1.807) is 0 Å². The normalized spacial score (nSPS) is 34.7. The number of para-hydroxylation sites is 1. The van der Waals surface area contributed by atoms with Gasteiger partial charge in [0.1, 0.15) is 0 Å². The molecule has 1 amide bonds. The van der Waals surface area contributed by atoms with Crippen molar-refractivity contribution in [3.05, 3.63) is 30.3 Å². The Morgan fingerprint density at radius 3 is 2.92 bits per heavy atom. The van der Waals surface area contributed by atoms with Gasteiger partial charge < -0.3 is 15.0 Å². The molecule has 1 aromatic carbocycles. The molecule has 3 aliphatic rings. The molecule has 0 radical (unpaired) electrons. The smallest absolute Gasteiger partial charge is 0.238 e. The van der Waals surface area contributed by atoms with E-state index in [0.717, 1.165) is 31.7 Å². The third-order valence-electron chi connectivity index (χ3n) is 5.86. The summed E-state index contributed by atoms with van der Waals surface area (Å²) in [7, 11) is 4.28. The molecule has 3 heterocycles. The van der Waals surface area contributed by atoms with Crippen molar-refractivity contribution in [3.8, 4) is 0 Å².